The normalized spacial score (nSPS) is 9.95. The smallest absolute Gasteiger partial charge is 0.222 e. The Labute approximate surface area is 113 Å². The van der Waals surface area contributed by atoms with Crippen LogP contribution in [-0.4, -0.2) is 17.9 Å². The quantitative estimate of drug-likeness (QED) is 0.454. The second-order valence-electron chi connectivity index (χ2n) is 3.50. The summed E-state index contributed by atoms with van der Waals surface area (Å²) in [5.74, 6) is -0.203. The monoisotopic (exact) mass is 275 g/mol. The second kappa shape index (κ2) is 5.57. The van der Waals surface area contributed by atoms with E-state index in [0.29, 0.717) is 11.4 Å². The molecule has 0 bridgehead atoms. The number of aromatic amines is 1. The SMILES string of the molecule is [B]Nc1ccc(F)cc1Nc1ncc(N=O)c(=S)[nH]1. The van der Waals surface area contributed by atoms with Gasteiger partial charge in [-0.1, -0.05) is 12.2 Å². The molecule has 0 spiro atoms. The maximum Gasteiger partial charge on any atom is 0.222 e. The Morgan fingerprint density at radius 3 is 2.84 bits per heavy atom. The van der Waals surface area contributed by atoms with Crippen LogP contribution in [0.15, 0.2) is 29.6 Å². The summed E-state index contributed by atoms with van der Waals surface area (Å²) in [7, 11) is 5.31. The fraction of sp³-hybridized carbons (Fsp3) is 0. The first kappa shape index (κ1) is 13.2. The van der Waals surface area contributed by atoms with Crippen LogP contribution in [0.4, 0.5) is 27.4 Å². The summed E-state index contributed by atoms with van der Waals surface area (Å²) >= 11 is 4.90. The molecule has 0 atom stereocenters. The van der Waals surface area contributed by atoms with Gasteiger partial charge in [0.25, 0.3) is 0 Å². The van der Waals surface area contributed by atoms with Crippen molar-refractivity contribution in [1.29, 1.82) is 0 Å². The summed E-state index contributed by atoms with van der Waals surface area (Å²) in [5, 5.41) is 7.91. The Hall–Kier alpha value is -2.29. The molecule has 2 aromatic rings. The number of hydrogen-bond donors (Lipinski definition) is 3. The molecule has 0 saturated carbocycles. The van der Waals surface area contributed by atoms with Crippen LogP contribution < -0.4 is 10.5 Å². The number of aromatic nitrogens is 2. The van der Waals surface area contributed by atoms with Crippen molar-refractivity contribution in [2.75, 3.05) is 10.5 Å². The highest BCUT2D eigenvalue weighted by Crippen LogP contribution is 2.25. The number of anilines is 3. The van der Waals surface area contributed by atoms with Crippen molar-refractivity contribution in [3.63, 3.8) is 0 Å². The van der Waals surface area contributed by atoms with Gasteiger partial charge < -0.3 is 15.5 Å². The van der Waals surface area contributed by atoms with Gasteiger partial charge in [-0.05, 0) is 23.4 Å². The molecule has 1 aromatic heterocycles. The van der Waals surface area contributed by atoms with E-state index in [9.17, 15) is 9.30 Å². The Kier molecular flexibility index (Phi) is 3.86. The first-order valence-corrected chi connectivity index (χ1v) is 5.50. The molecular weight excluding hydrogens is 268 g/mol. The van der Waals surface area contributed by atoms with Crippen molar-refractivity contribution >= 4 is 43.2 Å². The minimum Gasteiger partial charge on any atom is -0.436 e. The van der Waals surface area contributed by atoms with Crippen LogP contribution in [0.2, 0.25) is 0 Å². The maximum absolute atomic E-state index is 13.2. The van der Waals surface area contributed by atoms with E-state index in [2.05, 4.69) is 25.7 Å². The first-order chi connectivity index (χ1) is 9.13. The number of hydrogen-bond acceptors (Lipinski definition) is 6. The molecule has 0 saturated heterocycles. The predicted molar refractivity (Wildman–Crippen MR) is 73.9 cm³/mol. The molecule has 1 aromatic carbocycles. The van der Waals surface area contributed by atoms with E-state index in [1.165, 1.54) is 24.4 Å². The molecule has 0 aliphatic rings. The van der Waals surface area contributed by atoms with Gasteiger partial charge >= 0.3 is 0 Å². The molecule has 0 unspecified atom stereocenters. The minimum atomic E-state index is -0.439. The van der Waals surface area contributed by atoms with E-state index in [1.807, 2.05) is 0 Å². The minimum absolute atomic E-state index is 0.0250. The van der Waals surface area contributed by atoms with Gasteiger partial charge in [-0.2, -0.15) is 0 Å². The summed E-state index contributed by atoms with van der Waals surface area (Å²) in [4.78, 5) is 16.9. The van der Waals surface area contributed by atoms with Crippen molar-refractivity contribution < 1.29 is 4.39 Å². The number of nitrogens with one attached hydrogen (secondary N) is 3. The van der Waals surface area contributed by atoms with Gasteiger partial charge in [-0.15, -0.1) is 4.91 Å². The lowest BCUT2D eigenvalue weighted by atomic mass is 10.2. The van der Waals surface area contributed by atoms with E-state index in [4.69, 9.17) is 20.2 Å². The fourth-order valence-corrected chi connectivity index (χ4v) is 1.58. The number of halogens is 1. The summed E-state index contributed by atoms with van der Waals surface area (Å²) in [6, 6.07) is 3.96. The van der Waals surface area contributed by atoms with Gasteiger partial charge in [-0.25, -0.2) is 9.37 Å². The van der Waals surface area contributed by atoms with Crippen molar-refractivity contribution in [2.24, 2.45) is 5.18 Å². The second-order valence-corrected chi connectivity index (χ2v) is 3.90. The lowest BCUT2D eigenvalue weighted by Crippen LogP contribution is -2.01. The van der Waals surface area contributed by atoms with Crippen LogP contribution in [0.3, 0.4) is 0 Å². The molecule has 2 radical (unpaired) electrons. The molecule has 2 rings (SSSR count). The Morgan fingerprint density at radius 1 is 1.42 bits per heavy atom. The summed E-state index contributed by atoms with van der Waals surface area (Å²) in [5.41, 5.74) is 0.865. The first-order valence-electron chi connectivity index (χ1n) is 5.10. The largest absolute Gasteiger partial charge is 0.436 e. The van der Waals surface area contributed by atoms with Gasteiger partial charge in [0, 0.05) is 5.69 Å². The zero-order chi connectivity index (χ0) is 13.8. The van der Waals surface area contributed by atoms with Crippen LogP contribution in [0.25, 0.3) is 0 Å². The van der Waals surface area contributed by atoms with E-state index < -0.39 is 5.82 Å². The molecule has 0 fully saturated rings. The average Bonchev–Trinajstić information content (AvgIpc) is 2.39. The summed E-state index contributed by atoms with van der Waals surface area (Å²) < 4.78 is 13.3. The molecule has 94 valence electrons. The van der Waals surface area contributed by atoms with Crippen LogP contribution >= 0.6 is 12.2 Å². The van der Waals surface area contributed by atoms with E-state index >= 15 is 0 Å². The van der Waals surface area contributed by atoms with Crippen LogP contribution in [0, 0.1) is 15.4 Å². The molecule has 6 nitrogen and oxygen atoms in total. The number of nitrogens with zero attached hydrogens (tertiary/aromatic N) is 2. The average molecular weight is 275 g/mol. The van der Waals surface area contributed by atoms with E-state index in [-0.39, 0.29) is 16.3 Å². The number of benzene rings is 1. The third-order valence-corrected chi connectivity index (χ3v) is 2.58. The molecule has 19 heavy (non-hydrogen) atoms. The lowest BCUT2D eigenvalue weighted by Gasteiger charge is -2.11. The molecule has 9 heteroatoms. The van der Waals surface area contributed by atoms with Gasteiger partial charge in [0.05, 0.1) is 11.9 Å². The van der Waals surface area contributed by atoms with Gasteiger partial charge in [0.2, 0.25) is 13.9 Å². The Balaban J connectivity index is 2.35. The fourth-order valence-electron chi connectivity index (χ4n) is 1.39. The van der Waals surface area contributed by atoms with Crippen LogP contribution in [0.1, 0.15) is 0 Å². The highest BCUT2D eigenvalue weighted by atomic mass is 32.1. The van der Waals surface area contributed by atoms with E-state index in [1.54, 1.807) is 0 Å². The third-order valence-electron chi connectivity index (χ3n) is 2.27. The molecule has 3 N–H and O–H groups in total. The van der Waals surface area contributed by atoms with Gasteiger partial charge in [0.15, 0.2) is 5.69 Å². The molecular formula is C10H7BFN5OS. The third kappa shape index (κ3) is 2.94. The van der Waals surface area contributed by atoms with Gasteiger partial charge in [0.1, 0.15) is 10.5 Å². The maximum atomic E-state index is 13.2. The van der Waals surface area contributed by atoms with Crippen LogP contribution in [0.5, 0.6) is 0 Å². The van der Waals surface area contributed by atoms with Crippen molar-refractivity contribution in [2.45, 2.75) is 0 Å². The number of rotatable bonds is 4. The molecule has 0 aliphatic carbocycles. The lowest BCUT2D eigenvalue weighted by molar-refractivity contribution is 0.628. The Bertz CT molecular complexity index is 677. The molecule has 1 heterocycles. The zero-order valence-corrected chi connectivity index (χ0v) is 10.3. The van der Waals surface area contributed by atoms with Crippen molar-refractivity contribution in [1.82, 2.24) is 9.97 Å². The predicted octanol–water partition coefficient (Wildman–Crippen LogP) is 2.92. The van der Waals surface area contributed by atoms with E-state index in [0.717, 1.165) is 0 Å². The highest BCUT2D eigenvalue weighted by molar-refractivity contribution is 7.71. The number of nitroso groups, excluding NO2 is 1. The molecule has 0 aliphatic heterocycles. The zero-order valence-electron chi connectivity index (χ0n) is 9.48. The number of H-pyrrole nitrogens is 1. The summed E-state index contributed by atoms with van der Waals surface area (Å²) in [6.45, 7) is 0. The van der Waals surface area contributed by atoms with Crippen LogP contribution in [-0.2, 0) is 0 Å². The summed E-state index contributed by atoms with van der Waals surface area (Å²) in [6.07, 6.45) is 1.21. The topological polar surface area (TPSA) is 82.2 Å². The standard InChI is InChI=1S/C10H7BFN5OS/c11-16-6-2-1-5(12)3-7(6)14-10-13-4-8(17-18)9(19)15-10/h1-4,16H,(H2,13,14,15,19). The highest BCUT2D eigenvalue weighted by Gasteiger charge is 2.05. The van der Waals surface area contributed by atoms with Crippen molar-refractivity contribution in [3.8, 4) is 0 Å². The Morgan fingerprint density at radius 2 is 2.21 bits per heavy atom. The van der Waals surface area contributed by atoms with Crippen molar-refractivity contribution in [3.05, 3.63) is 39.8 Å². The van der Waals surface area contributed by atoms with Gasteiger partial charge in [-0.3, -0.25) is 0 Å². The molecule has 0 amide bonds.